The van der Waals surface area contributed by atoms with Gasteiger partial charge in [0.15, 0.2) is 5.82 Å². The molecule has 1 heterocycles. The molecule has 0 saturated carbocycles. The van der Waals surface area contributed by atoms with Crippen LogP contribution in [0.1, 0.15) is 32.2 Å². The fourth-order valence-corrected chi connectivity index (χ4v) is 1.84. The van der Waals surface area contributed by atoms with E-state index in [0.29, 0.717) is 13.2 Å². The molecule has 0 aliphatic rings. The van der Waals surface area contributed by atoms with Crippen molar-refractivity contribution >= 4 is 0 Å². The first-order chi connectivity index (χ1) is 9.51. The van der Waals surface area contributed by atoms with Crippen LogP contribution in [0.4, 0.5) is 0 Å². The molecule has 0 saturated heterocycles. The number of benzene rings is 1. The van der Waals surface area contributed by atoms with Crippen molar-refractivity contribution in [2.75, 3.05) is 7.11 Å². The topological polar surface area (TPSA) is 64.9 Å². The molecule has 108 valence electrons. The lowest BCUT2D eigenvalue weighted by atomic mass is 10.1. The zero-order chi connectivity index (χ0) is 14.6. The lowest BCUT2D eigenvalue weighted by Gasteiger charge is -2.20. The number of hydrogen-bond donors (Lipinski definition) is 1. The van der Waals surface area contributed by atoms with Gasteiger partial charge in [0.05, 0.1) is 18.8 Å². The molecule has 0 fully saturated rings. The predicted octanol–water partition coefficient (Wildman–Crippen LogP) is 1.70. The number of nitrogens with zero attached hydrogens (tertiary/aromatic N) is 4. The van der Waals surface area contributed by atoms with Gasteiger partial charge in [-0.25, -0.2) is 0 Å². The summed E-state index contributed by atoms with van der Waals surface area (Å²) in [6.07, 6.45) is 0. The van der Waals surface area contributed by atoms with E-state index in [1.165, 1.54) is 0 Å². The third kappa shape index (κ3) is 3.61. The van der Waals surface area contributed by atoms with Gasteiger partial charge < -0.3 is 10.1 Å². The molecule has 2 aromatic rings. The maximum Gasteiger partial charge on any atom is 0.170 e. The highest BCUT2D eigenvalue weighted by atomic mass is 16.5. The molecule has 0 amide bonds. The molecule has 6 heteroatoms. The summed E-state index contributed by atoms with van der Waals surface area (Å²) in [5.74, 6) is 0.781. The van der Waals surface area contributed by atoms with Crippen LogP contribution in [-0.2, 0) is 17.9 Å². The molecule has 0 radical (unpaired) electrons. The molecule has 0 aliphatic heterocycles. The molecule has 1 aromatic carbocycles. The molecule has 1 aromatic heterocycles. The van der Waals surface area contributed by atoms with E-state index in [2.05, 4.69) is 41.6 Å². The number of tetrazole rings is 1. The SMILES string of the molecule is COCc1ccccc1-n1nnnc1CNC(C)(C)C. The number of nitrogens with one attached hydrogen (secondary N) is 1. The van der Waals surface area contributed by atoms with Gasteiger partial charge in [0.25, 0.3) is 0 Å². The summed E-state index contributed by atoms with van der Waals surface area (Å²) in [6, 6.07) is 7.96. The Morgan fingerprint density at radius 2 is 2.00 bits per heavy atom. The van der Waals surface area contributed by atoms with Crippen LogP contribution in [0.3, 0.4) is 0 Å². The first-order valence-corrected chi connectivity index (χ1v) is 6.61. The molecule has 0 spiro atoms. The van der Waals surface area contributed by atoms with E-state index < -0.39 is 0 Å². The Labute approximate surface area is 119 Å². The highest BCUT2D eigenvalue weighted by Gasteiger charge is 2.15. The molecule has 0 atom stereocenters. The zero-order valence-corrected chi connectivity index (χ0v) is 12.4. The van der Waals surface area contributed by atoms with Gasteiger partial charge in [0, 0.05) is 18.2 Å². The Bertz CT molecular complexity index is 559. The monoisotopic (exact) mass is 275 g/mol. The van der Waals surface area contributed by atoms with Crippen LogP contribution < -0.4 is 5.32 Å². The maximum absolute atomic E-state index is 5.22. The Balaban J connectivity index is 2.28. The molecule has 0 unspecified atom stereocenters. The van der Waals surface area contributed by atoms with Crippen LogP contribution in [0.25, 0.3) is 5.69 Å². The molecule has 6 nitrogen and oxygen atoms in total. The third-order valence-electron chi connectivity index (χ3n) is 2.83. The normalized spacial score (nSPS) is 11.8. The van der Waals surface area contributed by atoms with Gasteiger partial charge in [0.1, 0.15) is 0 Å². The van der Waals surface area contributed by atoms with E-state index in [0.717, 1.165) is 17.1 Å². The quantitative estimate of drug-likeness (QED) is 0.899. The van der Waals surface area contributed by atoms with Crippen molar-refractivity contribution in [2.45, 2.75) is 39.5 Å². The van der Waals surface area contributed by atoms with E-state index in [9.17, 15) is 0 Å². The largest absolute Gasteiger partial charge is 0.380 e. The molecular weight excluding hydrogens is 254 g/mol. The minimum atomic E-state index is 0.0167. The predicted molar refractivity (Wildman–Crippen MR) is 76.5 cm³/mol. The van der Waals surface area contributed by atoms with Crippen molar-refractivity contribution in [3.05, 3.63) is 35.7 Å². The Morgan fingerprint density at radius 1 is 1.25 bits per heavy atom. The zero-order valence-electron chi connectivity index (χ0n) is 12.4. The van der Waals surface area contributed by atoms with Gasteiger partial charge >= 0.3 is 0 Å². The summed E-state index contributed by atoms with van der Waals surface area (Å²) in [5.41, 5.74) is 2.02. The number of hydrogen-bond acceptors (Lipinski definition) is 5. The van der Waals surface area contributed by atoms with E-state index in [-0.39, 0.29) is 5.54 Å². The number of aromatic nitrogens is 4. The van der Waals surface area contributed by atoms with Gasteiger partial charge in [0.2, 0.25) is 0 Å². The Hall–Kier alpha value is -1.79. The molecule has 1 N–H and O–H groups in total. The van der Waals surface area contributed by atoms with Crippen molar-refractivity contribution in [1.82, 2.24) is 25.5 Å². The third-order valence-corrected chi connectivity index (χ3v) is 2.83. The summed E-state index contributed by atoms with van der Waals surface area (Å²) < 4.78 is 6.98. The number of methoxy groups -OCH3 is 1. The lowest BCUT2D eigenvalue weighted by Crippen LogP contribution is -2.36. The van der Waals surface area contributed by atoms with E-state index in [1.807, 2.05) is 24.3 Å². The minimum Gasteiger partial charge on any atom is -0.380 e. The first kappa shape index (κ1) is 14.6. The van der Waals surface area contributed by atoms with Crippen LogP contribution in [0, 0.1) is 0 Å². The van der Waals surface area contributed by atoms with Gasteiger partial charge in [-0.1, -0.05) is 18.2 Å². The van der Waals surface area contributed by atoms with Crippen molar-refractivity contribution in [3.63, 3.8) is 0 Å². The standard InChI is InChI=1S/C14H21N5O/c1-14(2,3)15-9-13-16-17-18-19(13)12-8-6-5-7-11(12)10-20-4/h5-8,15H,9-10H2,1-4H3. The number of ether oxygens (including phenoxy) is 1. The first-order valence-electron chi connectivity index (χ1n) is 6.61. The molecule has 2 rings (SSSR count). The molecule has 0 bridgehead atoms. The van der Waals surface area contributed by atoms with Gasteiger partial charge in [-0.05, 0) is 37.3 Å². The maximum atomic E-state index is 5.22. The highest BCUT2D eigenvalue weighted by molar-refractivity contribution is 5.40. The summed E-state index contributed by atoms with van der Waals surface area (Å²) in [6.45, 7) is 7.47. The molecule has 0 aliphatic carbocycles. The van der Waals surface area contributed by atoms with E-state index in [4.69, 9.17) is 4.74 Å². The Kier molecular flexibility index (Phi) is 4.46. The van der Waals surface area contributed by atoms with Crippen molar-refractivity contribution in [2.24, 2.45) is 0 Å². The average Bonchev–Trinajstić information content (AvgIpc) is 2.85. The van der Waals surface area contributed by atoms with Crippen LogP contribution in [0.15, 0.2) is 24.3 Å². The summed E-state index contributed by atoms with van der Waals surface area (Å²) in [7, 11) is 1.68. The minimum absolute atomic E-state index is 0.0167. The summed E-state index contributed by atoms with van der Waals surface area (Å²) >= 11 is 0. The van der Waals surface area contributed by atoms with Crippen LogP contribution in [-0.4, -0.2) is 32.9 Å². The van der Waals surface area contributed by atoms with Crippen molar-refractivity contribution < 1.29 is 4.74 Å². The van der Waals surface area contributed by atoms with Crippen LogP contribution in [0.2, 0.25) is 0 Å². The van der Waals surface area contributed by atoms with Gasteiger partial charge in [-0.3, -0.25) is 0 Å². The van der Waals surface area contributed by atoms with E-state index >= 15 is 0 Å². The molecule has 20 heavy (non-hydrogen) atoms. The van der Waals surface area contributed by atoms with Crippen molar-refractivity contribution in [3.8, 4) is 5.69 Å². The second-order valence-corrected chi connectivity index (χ2v) is 5.67. The van der Waals surface area contributed by atoms with Gasteiger partial charge in [-0.15, -0.1) is 5.10 Å². The van der Waals surface area contributed by atoms with Crippen LogP contribution >= 0.6 is 0 Å². The van der Waals surface area contributed by atoms with Gasteiger partial charge in [-0.2, -0.15) is 4.68 Å². The second kappa shape index (κ2) is 6.11. The van der Waals surface area contributed by atoms with Crippen LogP contribution in [0.5, 0.6) is 0 Å². The van der Waals surface area contributed by atoms with Crippen molar-refractivity contribution in [1.29, 1.82) is 0 Å². The fraction of sp³-hybridized carbons (Fsp3) is 0.500. The lowest BCUT2D eigenvalue weighted by molar-refractivity contribution is 0.184. The molecular formula is C14H21N5O. The summed E-state index contributed by atoms with van der Waals surface area (Å²) in [5, 5.41) is 15.4. The fourth-order valence-electron chi connectivity index (χ4n) is 1.84. The number of para-hydroxylation sites is 1. The van der Waals surface area contributed by atoms with E-state index in [1.54, 1.807) is 11.8 Å². The Morgan fingerprint density at radius 3 is 2.70 bits per heavy atom. The average molecular weight is 275 g/mol. The second-order valence-electron chi connectivity index (χ2n) is 5.67. The summed E-state index contributed by atoms with van der Waals surface area (Å²) in [4.78, 5) is 0. The highest BCUT2D eigenvalue weighted by Crippen LogP contribution is 2.15. The smallest absolute Gasteiger partial charge is 0.170 e. The number of rotatable bonds is 5.